The predicted molar refractivity (Wildman–Crippen MR) is 35.5 cm³/mol. The van der Waals surface area contributed by atoms with Crippen LogP contribution < -0.4 is 0 Å². The van der Waals surface area contributed by atoms with Crippen LogP contribution in [0.2, 0.25) is 0 Å². The molecule has 9 heavy (non-hydrogen) atoms. The lowest BCUT2D eigenvalue weighted by Crippen LogP contribution is -1.73. The van der Waals surface area contributed by atoms with Crippen molar-refractivity contribution in [2.45, 2.75) is 19.8 Å². The molecule has 0 aliphatic heterocycles. The van der Waals surface area contributed by atoms with E-state index in [9.17, 15) is 4.39 Å². The molecule has 0 amide bonds. The minimum atomic E-state index is -0.505. The van der Waals surface area contributed by atoms with Gasteiger partial charge in [0.25, 0.3) is 5.16 Å². The van der Waals surface area contributed by atoms with Gasteiger partial charge in [0, 0.05) is 0 Å². The van der Waals surface area contributed by atoms with Crippen LogP contribution in [0, 0.1) is 6.57 Å². The Morgan fingerprint density at radius 1 is 1.78 bits per heavy atom. The highest BCUT2D eigenvalue weighted by Crippen LogP contribution is 2.16. The predicted octanol–water partition coefficient (Wildman–Crippen LogP) is 3.08. The zero-order chi connectivity index (χ0) is 7.28. The zero-order valence-electron chi connectivity index (χ0n) is 5.12. The van der Waals surface area contributed by atoms with Crippen molar-refractivity contribution in [3.8, 4) is 0 Å². The van der Waals surface area contributed by atoms with Crippen LogP contribution in [0.15, 0.2) is 11.0 Å². The molecule has 0 rings (SSSR count). The molecule has 0 saturated heterocycles. The highest BCUT2D eigenvalue weighted by molar-refractivity contribution is 6.30. The molecule has 0 aromatic rings. The van der Waals surface area contributed by atoms with Gasteiger partial charge >= 0.3 is 0 Å². The van der Waals surface area contributed by atoms with Crippen molar-refractivity contribution in [2.75, 3.05) is 0 Å². The molecule has 1 nitrogen and oxygen atoms in total. The summed E-state index contributed by atoms with van der Waals surface area (Å²) in [6.07, 6.45) is 0.943. The molecule has 0 saturated carbocycles. The van der Waals surface area contributed by atoms with E-state index in [2.05, 4.69) is 4.85 Å². The van der Waals surface area contributed by atoms with Gasteiger partial charge in [0.05, 0.1) is 6.57 Å². The third-order valence-corrected chi connectivity index (χ3v) is 1.08. The van der Waals surface area contributed by atoms with Gasteiger partial charge in [-0.05, 0) is 6.42 Å². The molecule has 0 aromatic heterocycles. The van der Waals surface area contributed by atoms with E-state index >= 15 is 0 Å². The quantitative estimate of drug-likeness (QED) is 0.418. The Labute approximate surface area is 58.9 Å². The molecule has 0 bridgehead atoms. The van der Waals surface area contributed by atoms with E-state index in [0.29, 0.717) is 6.42 Å². The second kappa shape index (κ2) is 4.34. The lowest BCUT2D eigenvalue weighted by molar-refractivity contribution is 0.581. The summed E-state index contributed by atoms with van der Waals surface area (Å²) in [5.74, 6) is -0.505. The van der Waals surface area contributed by atoms with Gasteiger partial charge in [-0.2, -0.15) is 0 Å². The first-order valence-corrected chi connectivity index (χ1v) is 3.01. The molecule has 0 N–H and O–H groups in total. The molecule has 0 radical (unpaired) electrons. The summed E-state index contributed by atoms with van der Waals surface area (Å²) in [5, 5.41) is -0.336. The van der Waals surface area contributed by atoms with Crippen molar-refractivity contribution in [1.82, 2.24) is 0 Å². The fraction of sp³-hybridized carbons (Fsp3) is 0.500. The minimum absolute atomic E-state index is 0.265. The summed E-state index contributed by atoms with van der Waals surface area (Å²) in [6, 6.07) is 0. The Hall–Kier alpha value is -0.550. The fourth-order valence-corrected chi connectivity index (χ4v) is 0.478. The second-order valence-electron chi connectivity index (χ2n) is 1.56. The van der Waals surface area contributed by atoms with Crippen LogP contribution in [0.5, 0.6) is 0 Å². The molecule has 0 aromatic carbocycles. The van der Waals surface area contributed by atoms with Crippen molar-refractivity contribution in [1.29, 1.82) is 0 Å². The fourth-order valence-electron chi connectivity index (χ4n) is 0.383. The van der Waals surface area contributed by atoms with Crippen molar-refractivity contribution in [2.24, 2.45) is 0 Å². The first-order valence-electron chi connectivity index (χ1n) is 2.64. The molecule has 0 heterocycles. The summed E-state index contributed by atoms with van der Waals surface area (Å²) in [5.41, 5.74) is 0. The summed E-state index contributed by atoms with van der Waals surface area (Å²) < 4.78 is 12.3. The first kappa shape index (κ1) is 8.45. The van der Waals surface area contributed by atoms with Gasteiger partial charge in [0.15, 0.2) is 0 Å². The van der Waals surface area contributed by atoms with E-state index < -0.39 is 5.83 Å². The number of hydrogen-bond acceptors (Lipinski definition) is 0. The van der Waals surface area contributed by atoms with E-state index in [4.69, 9.17) is 18.2 Å². The van der Waals surface area contributed by atoms with E-state index in [1.165, 1.54) is 0 Å². The normalized spacial score (nSPS) is 12.2. The number of allylic oxidation sites excluding steroid dienone is 1. The van der Waals surface area contributed by atoms with Crippen LogP contribution in [0.4, 0.5) is 4.39 Å². The Bertz CT molecular complexity index is 157. The minimum Gasteiger partial charge on any atom is -0.224 e. The number of hydrogen-bond donors (Lipinski definition) is 0. The first-order chi connectivity index (χ1) is 4.22. The van der Waals surface area contributed by atoms with Crippen molar-refractivity contribution < 1.29 is 4.39 Å². The molecule has 0 spiro atoms. The molecule has 0 fully saturated rings. The summed E-state index contributed by atoms with van der Waals surface area (Å²) in [7, 11) is 0. The van der Waals surface area contributed by atoms with Gasteiger partial charge in [-0.3, -0.25) is 0 Å². The molecule has 3 heteroatoms. The van der Waals surface area contributed by atoms with Crippen LogP contribution in [-0.4, -0.2) is 0 Å². The van der Waals surface area contributed by atoms with Crippen molar-refractivity contribution in [3.05, 3.63) is 22.4 Å². The monoisotopic (exact) mass is 147 g/mol. The van der Waals surface area contributed by atoms with E-state index in [1.54, 1.807) is 0 Å². The van der Waals surface area contributed by atoms with Crippen molar-refractivity contribution >= 4 is 11.6 Å². The topological polar surface area (TPSA) is 4.36 Å². The average molecular weight is 148 g/mol. The zero-order valence-corrected chi connectivity index (χ0v) is 5.87. The molecule has 0 atom stereocenters. The third kappa shape index (κ3) is 3.10. The molecule has 0 unspecified atom stereocenters. The maximum atomic E-state index is 12.3. The van der Waals surface area contributed by atoms with Crippen LogP contribution in [0.1, 0.15) is 19.8 Å². The smallest absolute Gasteiger partial charge is 0.224 e. The van der Waals surface area contributed by atoms with Gasteiger partial charge in [-0.1, -0.05) is 13.3 Å². The molecule has 50 valence electrons. The summed E-state index contributed by atoms with van der Waals surface area (Å²) in [6.45, 7) is 8.14. The standard InChI is InChI=1S/C6H7ClFN/c1-3-4-5(8)6(7)9-2/h3-4H2,1H3/b6-5-. The maximum absolute atomic E-state index is 12.3. The van der Waals surface area contributed by atoms with Crippen LogP contribution in [0.3, 0.4) is 0 Å². The highest BCUT2D eigenvalue weighted by atomic mass is 35.5. The molecular formula is C6H7ClFN. The van der Waals surface area contributed by atoms with Gasteiger partial charge in [0.2, 0.25) is 0 Å². The van der Waals surface area contributed by atoms with Crippen LogP contribution >= 0.6 is 11.6 Å². The van der Waals surface area contributed by atoms with Gasteiger partial charge < -0.3 is 0 Å². The highest BCUT2D eigenvalue weighted by Gasteiger charge is 1.99. The third-order valence-electron chi connectivity index (χ3n) is 0.791. The number of halogens is 2. The number of rotatable bonds is 2. The SMILES string of the molecule is [C-]#[N+]/C(Cl)=C(\F)CCC. The Kier molecular flexibility index (Phi) is 4.08. The Morgan fingerprint density at radius 2 is 2.33 bits per heavy atom. The van der Waals surface area contributed by atoms with E-state index in [-0.39, 0.29) is 11.6 Å². The Balaban J connectivity index is 3.98. The lowest BCUT2D eigenvalue weighted by Gasteiger charge is -1.90. The average Bonchev–Trinajstić information content (AvgIpc) is 1.87. The van der Waals surface area contributed by atoms with Crippen LogP contribution in [-0.2, 0) is 0 Å². The summed E-state index contributed by atoms with van der Waals surface area (Å²) >= 11 is 5.14. The number of nitrogens with zero attached hydrogens (tertiary/aromatic N) is 1. The summed E-state index contributed by atoms with van der Waals surface area (Å²) in [4.78, 5) is 2.73. The van der Waals surface area contributed by atoms with Gasteiger partial charge in [0.1, 0.15) is 5.83 Å². The van der Waals surface area contributed by atoms with Gasteiger partial charge in [-0.15, -0.1) is 11.6 Å². The van der Waals surface area contributed by atoms with Crippen molar-refractivity contribution in [3.63, 3.8) is 0 Å². The van der Waals surface area contributed by atoms with Gasteiger partial charge in [-0.25, -0.2) is 9.24 Å². The molecule has 0 aliphatic carbocycles. The Morgan fingerprint density at radius 3 is 2.67 bits per heavy atom. The maximum Gasteiger partial charge on any atom is 0.283 e. The van der Waals surface area contributed by atoms with Crippen LogP contribution in [0.25, 0.3) is 4.85 Å². The van der Waals surface area contributed by atoms with E-state index in [0.717, 1.165) is 0 Å². The molecular weight excluding hydrogens is 141 g/mol. The largest absolute Gasteiger partial charge is 0.283 e. The second-order valence-corrected chi connectivity index (χ2v) is 1.92. The lowest BCUT2D eigenvalue weighted by atomic mass is 10.3. The molecule has 0 aliphatic rings. The van der Waals surface area contributed by atoms with E-state index in [1.807, 2.05) is 6.92 Å².